The van der Waals surface area contributed by atoms with E-state index in [0.717, 1.165) is 0 Å². The molecule has 0 bridgehead atoms. The van der Waals surface area contributed by atoms with Crippen LogP contribution in [0.25, 0.3) is 5.76 Å². The lowest BCUT2D eigenvalue weighted by atomic mass is 9.94. The van der Waals surface area contributed by atoms with Gasteiger partial charge >= 0.3 is 0 Å². The number of hydrogen-bond donors (Lipinski definition) is 1. The van der Waals surface area contributed by atoms with Crippen LogP contribution < -0.4 is 9.47 Å². The van der Waals surface area contributed by atoms with Crippen molar-refractivity contribution in [2.24, 2.45) is 0 Å². The predicted octanol–water partition coefficient (Wildman–Crippen LogP) is 3.55. The molecule has 0 saturated carbocycles. The van der Waals surface area contributed by atoms with Crippen molar-refractivity contribution < 1.29 is 28.9 Å². The van der Waals surface area contributed by atoms with Gasteiger partial charge in [-0.2, -0.15) is 0 Å². The number of nitrogens with zero attached hydrogens (tertiary/aromatic N) is 1. The molecule has 2 aromatic carbocycles. The molecule has 1 atom stereocenters. The molecule has 31 heavy (non-hydrogen) atoms. The monoisotopic (exact) mass is 425 g/mol. The van der Waals surface area contributed by atoms with Crippen LogP contribution in [0.3, 0.4) is 0 Å². The Bertz CT molecular complexity index is 997. The number of aliphatic hydroxyl groups is 1. The summed E-state index contributed by atoms with van der Waals surface area (Å²) in [5.41, 5.74) is 1.02. The minimum absolute atomic E-state index is 0.00848. The van der Waals surface area contributed by atoms with Crippen LogP contribution in [0.2, 0.25) is 0 Å². The molecule has 2 aromatic rings. The van der Waals surface area contributed by atoms with Crippen LogP contribution in [0.5, 0.6) is 11.5 Å². The molecule has 0 radical (unpaired) electrons. The van der Waals surface area contributed by atoms with Crippen molar-refractivity contribution in [3.05, 3.63) is 65.2 Å². The topological polar surface area (TPSA) is 85.3 Å². The summed E-state index contributed by atoms with van der Waals surface area (Å²) >= 11 is 0. The third-order valence-corrected chi connectivity index (χ3v) is 5.00. The maximum Gasteiger partial charge on any atom is 0.295 e. The van der Waals surface area contributed by atoms with E-state index in [0.29, 0.717) is 22.6 Å². The molecular formula is C24H27NO6. The van der Waals surface area contributed by atoms with E-state index in [2.05, 4.69) is 0 Å². The summed E-state index contributed by atoms with van der Waals surface area (Å²) < 4.78 is 16.3. The molecule has 0 aliphatic carbocycles. The van der Waals surface area contributed by atoms with E-state index >= 15 is 0 Å². The first kappa shape index (κ1) is 22.4. The quantitative estimate of drug-likeness (QED) is 0.396. The van der Waals surface area contributed by atoms with Crippen LogP contribution in [-0.4, -0.2) is 55.2 Å². The molecule has 1 aliphatic rings. The fraction of sp³-hybridized carbons (Fsp3) is 0.333. The van der Waals surface area contributed by atoms with Gasteiger partial charge in [0.15, 0.2) is 0 Å². The minimum atomic E-state index is -0.809. The summed E-state index contributed by atoms with van der Waals surface area (Å²) in [4.78, 5) is 27.4. The van der Waals surface area contributed by atoms with Crippen molar-refractivity contribution in [3.8, 4) is 11.5 Å². The minimum Gasteiger partial charge on any atom is -0.507 e. The van der Waals surface area contributed by atoms with E-state index in [9.17, 15) is 14.7 Å². The number of amides is 1. The van der Waals surface area contributed by atoms with Gasteiger partial charge in [0.2, 0.25) is 0 Å². The lowest BCUT2D eigenvalue weighted by molar-refractivity contribution is -0.140. The zero-order chi connectivity index (χ0) is 22.5. The van der Waals surface area contributed by atoms with Gasteiger partial charge < -0.3 is 24.2 Å². The van der Waals surface area contributed by atoms with Crippen LogP contribution >= 0.6 is 0 Å². The second-order valence-corrected chi connectivity index (χ2v) is 7.42. The highest BCUT2D eigenvalue weighted by Gasteiger charge is 2.46. The maximum atomic E-state index is 13.0. The highest BCUT2D eigenvalue weighted by Crippen LogP contribution is 2.42. The molecule has 7 heteroatoms. The van der Waals surface area contributed by atoms with Gasteiger partial charge in [-0.1, -0.05) is 30.3 Å². The number of benzene rings is 2. The second kappa shape index (κ2) is 9.66. The van der Waals surface area contributed by atoms with Crippen LogP contribution in [-0.2, 0) is 14.3 Å². The molecule has 1 N–H and O–H groups in total. The standard InChI is InChI=1S/C24H27NO6/c1-15(2)31-19-11-6-5-10-18(19)21-20(23(27)24(28)25(21)12-13-29-3)22(26)16-8-7-9-17(14-16)30-4/h5-11,14-15,21,26H,12-13H2,1-4H3/b22-20-. The molecular weight excluding hydrogens is 398 g/mol. The molecule has 0 aromatic heterocycles. The number of aliphatic hydroxyl groups excluding tert-OH is 1. The maximum absolute atomic E-state index is 13.0. The largest absolute Gasteiger partial charge is 0.507 e. The second-order valence-electron chi connectivity index (χ2n) is 7.42. The molecule has 3 rings (SSSR count). The van der Waals surface area contributed by atoms with Gasteiger partial charge in [0.1, 0.15) is 17.3 Å². The first-order valence-corrected chi connectivity index (χ1v) is 10.1. The average Bonchev–Trinajstić information content (AvgIpc) is 3.01. The van der Waals surface area contributed by atoms with Gasteiger partial charge in [0.25, 0.3) is 11.7 Å². The van der Waals surface area contributed by atoms with E-state index in [4.69, 9.17) is 14.2 Å². The van der Waals surface area contributed by atoms with Crippen molar-refractivity contribution in [1.29, 1.82) is 0 Å². The van der Waals surface area contributed by atoms with E-state index in [1.807, 2.05) is 26.0 Å². The van der Waals surface area contributed by atoms with Crippen LogP contribution in [0.15, 0.2) is 54.1 Å². The van der Waals surface area contributed by atoms with Gasteiger partial charge in [-0.05, 0) is 32.0 Å². The number of rotatable bonds is 8. The molecule has 7 nitrogen and oxygen atoms in total. The Morgan fingerprint density at radius 3 is 2.52 bits per heavy atom. The number of likely N-dealkylation sites (tertiary alicyclic amines) is 1. The lowest BCUT2D eigenvalue weighted by Gasteiger charge is -2.27. The van der Waals surface area contributed by atoms with Crippen LogP contribution in [0.1, 0.15) is 31.0 Å². The fourth-order valence-electron chi connectivity index (χ4n) is 3.62. The van der Waals surface area contributed by atoms with Gasteiger partial charge in [-0.3, -0.25) is 9.59 Å². The van der Waals surface area contributed by atoms with E-state index < -0.39 is 17.7 Å². The van der Waals surface area contributed by atoms with Gasteiger partial charge in [-0.25, -0.2) is 0 Å². The Morgan fingerprint density at radius 2 is 1.84 bits per heavy atom. The Balaban J connectivity index is 2.21. The number of ketones is 1. The van der Waals surface area contributed by atoms with Crippen molar-refractivity contribution in [1.82, 2.24) is 4.90 Å². The molecule has 1 amide bonds. The highest BCUT2D eigenvalue weighted by molar-refractivity contribution is 6.46. The Kier molecular flexibility index (Phi) is 6.97. The lowest BCUT2D eigenvalue weighted by Crippen LogP contribution is -2.33. The summed E-state index contributed by atoms with van der Waals surface area (Å²) in [6.45, 7) is 4.23. The Labute approximate surface area is 181 Å². The van der Waals surface area contributed by atoms with E-state index in [1.165, 1.54) is 19.1 Å². The number of Topliss-reactive ketones (excluding diaryl/α,β-unsaturated/α-hetero) is 1. The fourth-order valence-corrected chi connectivity index (χ4v) is 3.62. The molecule has 1 aliphatic heterocycles. The van der Waals surface area contributed by atoms with E-state index in [1.54, 1.807) is 36.4 Å². The Hall–Kier alpha value is -3.32. The number of carbonyl (C=O) groups is 2. The highest BCUT2D eigenvalue weighted by atomic mass is 16.5. The Morgan fingerprint density at radius 1 is 1.10 bits per heavy atom. The van der Waals surface area contributed by atoms with Gasteiger partial charge in [0.05, 0.1) is 31.4 Å². The number of para-hydroxylation sites is 1. The molecule has 1 heterocycles. The third kappa shape index (κ3) is 4.56. The molecule has 164 valence electrons. The SMILES string of the molecule is COCCN1C(=O)C(=O)/C(=C(\O)c2cccc(OC)c2)C1c1ccccc1OC(C)C. The number of hydrogen-bond acceptors (Lipinski definition) is 6. The predicted molar refractivity (Wildman–Crippen MR) is 116 cm³/mol. The van der Waals surface area contributed by atoms with Crippen molar-refractivity contribution in [3.63, 3.8) is 0 Å². The first-order valence-electron chi connectivity index (χ1n) is 10.1. The normalized spacial score (nSPS) is 18.0. The smallest absolute Gasteiger partial charge is 0.295 e. The summed E-state index contributed by atoms with van der Waals surface area (Å²) in [5, 5.41) is 11.1. The van der Waals surface area contributed by atoms with Crippen molar-refractivity contribution in [2.45, 2.75) is 26.0 Å². The van der Waals surface area contributed by atoms with Crippen LogP contribution in [0.4, 0.5) is 0 Å². The summed E-state index contributed by atoms with van der Waals surface area (Å²) in [7, 11) is 3.04. The molecule has 1 unspecified atom stereocenters. The van der Waals surface area contributed by atoms with Crippen molar-refractivity contribution >= 4 is 17.4 Å². The molecule has 0 spiro atoms. The third-order valence-electron chi connectivity index (χ3n) is 5.00. The van der Waals surface area contributed by atoms with Gasteiger partial charge in [-0.15, -0.1) is 0 Å². The zero-order valence-electron chi connectivity index (χ0n) is 18.1. The zero-order valence-corrected chi connectivity index (χ0v) is 18.1. The molecule has 1 fully saturated rings. The summed E-state index contributed by atoms with van der Waals surface area (Å²) in [6.07, 6.45) is -0.110. The van der Waals surface area contributed by atoms with E-state index in [-0.39, 0.29) is 30.6 Å². The van der Waals surface area contributed by atoms with Crippen LogP contribution in [0, 0.1) is 0 Å². The number of methoxy groups -OCH3 is 2. The first-order chi connectivity index (χ1) is 14.9. The summed E-state index contributed by atoms with van der Waals surface area (Å²) in [5.74, 6) is -0.630. The average molecular weight is 425 g/mol. The van der Waals surface area contributed by atoms with Crippen molar-refractivity contribution in [2.75, 3.05) is 27.4 Å². The molecule has 1 saturated heterocycles. The number of carbonyl (C=O) groups excluding carboxylic acids is 2. The summed E-state index contributed by atoms with van der Waals surface area (Å²) in [6, 6.07) is 13.1. The number of ether oxygens (including phenoxy) is 3. The van der Waals surface area contributed by atoms with Gasteiger partial charge in [0, 0.05) is 24.8 Å².